The summed E-state index contributed by atoms with van der Waals surface area (Å²) in [6.07, 6.45) is 22.6. The van der Waals surface area contributed by atoms with Crippen molar-refractivity contribution in [3.8, 4) is 0 Å². The van der Waals surface area contributed by atoms with Gasteiger partial charge in [0.25, 0.3) is 0 Å². The van der Waals surface area contributed by atoms with Crippen molar-refractivity contribution in [2.45, 2.75) is 157 Å². The number of hydrogen-bond acceptors (Lipinski definition) is 0. The van der Waals surface area contributed by atoms with Crippen LogP contribution in [0.5, 0.6) is 0 Å². The van der Waals surface area contributed by atoms with Gasteiger partial charge in [-0.3, -0.25) is 0 Å². The van der Waals surface area contributed by atoms with Gasteiger partial charge in [0.05, 0.1) is 0 Å². The van der Waals surface area contributed by atoms with Crippen LogP contribution >= 0.6 is 0 Å². The van der Waals surface area contributed by atoms with E-state index in [0.29, 0.717) is 0 Å². The summed E-state index contributed by atoms with van der Waals surface area (Å²) >= 11 is -2.18. The molecule has 0 aromatic rings. The predicted molar refractivity (Wildman–Crippen MR) is 137 cm³/mol. The standard InChI is InChI=1S/C13H27.3C4H9.CH2.2Sn/c1-4-7-10-13(11-8-5-2)12-9-6-3;3*1-3-4-2;;;/h4-12H2,1-3H3;3*1,3-4H2,2H3;1H2;;. The van der Waals surface area contributed by atoms with Crippen molar-refractivity contribution >= 4 is 39.5 Å². The Labute approximate surface area is 195 Å². The molecule has 28 heavy (non-hydrogen) atoms. The van der Waals surface area contributed by atoms with Gasteiger partial charge in [0.2, 0.25) is 0 Å². The molecular weight excluding hydrogens is 550 g/mol. The Morgan fingerprint density at radius 2 is 0.821 bits per heavy atom. The average Bonchev–Trinajstić information content (AvgIpc) is 2.73. The fraction of sp³-hybridized carbons (Fsp3) is 1.00. The van der Waals surface area contributed by atoms with Gasteiger partial charge in [0, 0.05) is 0 Å². The van der Waals surface area contributed by atoms with Gasteiger partial charge in [-0.2, -0.15) is 0 Å². The number of unbranched alkanes of at least 4 members (excludes halogenated alkanes) is 6. The second-order valence-corrected chi connectivity index (χ2v) is 34.4. The van der Waals surface area contributed by atoms with Crippen LogP contribution in [0, 0.1) is 0 Å². The molecule has 0 nitrogen and oxygen atoms in total. The molecule has 2 heteroatoms. The van der Waals surface area contributed by atoms with Crippen molar-refractivity contribution in [3.63, 3.8) is 0 Å². The van der Waals surface area contributed by atoms with Crippen LogP contribution < -0.4 is 0 Å². The molecule has 0 heterocycles. The van der Waals surface area contributed by atoms with Gasteiger partial charge < -0.3 is 0 Å². The van der Waals surface area contributed by atoms with E-state index in [2.05, 4.69) is 41.5 Å². The van der Waals surface area contributed by atoms with E-state index < -0.39 is 18.4 Å². The van der Waals surface area contributed by atoms with Gasteiger partial charge in [-0.1, -0.05) is 0 Å². The van der Waals surface area contributed by atoms with Gasteiger partial charge in [0.15, 0.2) is 0 Å². The molecule has 0 spiro atoms. The van der Waals surface area contributed by atoms with Crippen molar-refractivity contribution in [1.29, 1.82) is 0 Å². The fourth-order valence-electron chi connectivity index (χ4n) is 4.86. The van der Waals surface area contributed by atoms with E-state index in [1.807, 2.05) is 2.45 Å². The molecule has 0 atom stereocenters. The summed E-state index contributed by atoms with van der Waals surface area (Å²) in [5.41, 5.74) is 0. The second-order valence-electron chi connectivity index (χ2n) is 9.76. The van der Waals surface area contributed by atoms with Crippen molar-refractivity contribution < 1.29 is 0 Å². The minimum absolute atomic E-state index is 0.284. The normalized spacial score (nSPS) is 12.6. The summed E-state index contributed by atoms with van der Waals surface area (Å²) in [4.78, 5) is 0. The Morgan fingerprint density at radius 1 is 0.500 bits per heavy atom. The van der Waals surface area contributed by atoms with Crippen LogP contribution in [0.1, 0.15) is 138 Å². The van der Waals surface area contributed by atoms with Gasteiger partial charge in [0.1, 0.15) is 0 Å². The molecular formula is C26H56Sn2. The van der Waals surface area contributed by atoms with Gasteiger partial charge >= 0.3 is 197 Å². The van der Waals surface area contributed by atoms with Gasteiger partial charge in [-0.05, 0) is 0 Å². The molecule has 0 saturated heterocycles. The Morgan fingerprint density at radius 3 is 1.11 bits per heavy atom. The van der Waals surface area contributed by atoms with Gasteiger partial charge in [-0.15, -0.1) is 0 Å². The topological polar surface area (TPSA) is 0 Å². The quantitative estimate of drug-likeness (QED) is 0.114. The SMILES string of the molecule is CCCC[C](CCCC)(CCCC)[Sn][CH2][Sn]([CH2]CCC)([CH2]CCC)[CH2]CCC. The van der Waals surface area contributed by atoms with E-state index in [4.69, 9.17) is 0 Å². The van der Waals surface area contributed by atoms with E-state index in [1.165, 1.54) is 57.8 Å². The zero-order valence-corrected chi connectivity index (χ0v) is 26.6. The summed E-state index contributed by atoms with van der Waals surface area (Å²) in [6.45, 7) is 14.6. The summed E-state index contributed by atoms with van der Waals surface area (Å²) < 4.78 is 8.01. The Kier molecular flexibility index (Phi) is 20.4. The summed E-state index contributed by atoms with van der Waals surface area (Å²) in [5, 5.41) is 0. The van der Waals surface area contributed by atoms with Crippen LogP contribution in [0.3, 0.4) is 0 Å². The number of hydrogen-bond donors (Lipinski definition) is 0. The first-order chi connectivity index (χ1) is 13.6. The van der Waals surface area contributed by atoms with Crippen molar-refractivity contribution in [2.75, 3.05) is 0 Å². The average molecular weight is 606 g/mol. The van der Waals surface area contributed by atoms with E-state index in [1.54, 1.807) is 51.8 Å². The van der Waals surface area contributed by atoms with E-state index in [9.17, 15) is 0 Å². The first-order valence-corrected chi connectivity index (χ1v) is 24.8. The van der Waals surface area contributed by atoms with E-state index in [0.717, 1.165) is 3.43 Å². The van der Waals surface area contributed by atoms with Gasteiger partial charge in [-0.25, -0.2) is 0 Å². The third-order valence-corrected chi connectivity index (χ3v) is 43.8. The van der Waals surface area contributed by atoms with Crippen molar-refractivity contribution in [3.05, 3.63) is 0 Å². The van der Waals surface area contributed by atoms with Crippen LogP contribution in [0.15, 0.2) is 0 Å². The van der Waals surface area contributed by atoms with Crippen LogP contribution in [-0.4, -0.2) is 39.5 Å². The molecule has 0 N–H and O–H groups in total. The number of rotatable bonds is 21. The molecule has 0 aliphatic rings. The van der Waals surface area contributed by atoms with E-state index >= 15 is 0 Å². The third kappa shape index (κ3) is 13.1. The molecule has 0 fully saturated rings. The summed E-state index contributed by atoms with van der Waals surface area (Å²) in [6, 6.07) is 0. The first kappa shape index (κ1) is 29.6. The predicted octanol–water partition coefficient (Wildman–Crippen LogP) is 10.2. The summed E-state index contributed by atoms with van der Waals surface area (Å²) in [7, 11) is 0. The fourth-order valence-corrected chi connectivity index (χ4v) is 47.6. The Hall–Kier alpha value is 1.60. The first-order valence-electron chi connectivity index (χ1n) is 13.3. The molecule has 0 saturated carbocycles. The molecule has 0 unspecified atom stereocenters. The maximum atomic E-state index is 2.43. The third-order valence-electron chi connectivity index (χ3n) is 7.05. The minimum atomic E-state index is -1.90. The second kappa shape index (κ2) is 19.3. The Balaban J connectivity index is 5.42. The molecule has 2 radical (unpaired) electrons. The molecule has 0 aliphatic carbocycles. The molecule has 0 aliphatic heterocycles. The summed E-state index contributed by atoms with van der Waals surface area (Å²) in [5.74, 6) is 0. The van der Waals surface area contributed by atoms with Crippen LogP contribution in [0.25, 0.3) is 0 Å². The van der Waals surface area contributed by atoms with E-state index in [-0.39, 0.29) is 21.1 Å². The van der Waals surface area contributed by atoms with Crippen molar-refractivity contribution in [2.24, 2.45) is 0 Å². The molecule has 0 amide bonds. The van der Waals surface area contributed by atoms with Crippen LogP contribution in [0.4, 0.5) is 0 Å². The maximum absolute atomic E-state index is 2.43. The molecule has 0 aromatic heterocycles. The molecule has 0 rings (SSSR count). The molecule has 168 valence electrons. The Bertz CT molecular complexity index is 251. The van der Waals surface area contributed by atoms with Crippen LogP contribution in [0.2, 0.25) is 19.2 Å². The molecule has 0 bridgehead atoms. The molecule has 0 aromatic carbocycles. The van der Waals surface area contributed by atoms with Crippen LogP contribution in [-0.2, 0) is 0 Å². The zero-order valence-electron chi connectivity index (χ0n) is 20.9. The monoisotopic (exact) mass is 608 g/mol. The van der Waals surface area contributed by atoms with Crippen molar-refractivity contribution in [1.82, 2.24) is 0 Å². The zero-order chi connectivity index (χ0) is 21.1.